The maximum Gasteiger partial charge on any atom is 0.244 e. The van der Waals surface area contributed by atoms with Gasteiger partial charge in [-0.15, -0.1) is 0 Å². The normalized spacial score (nSPS) is 13.3. The molecule has 1 aromatic carbocycles. The summed E-state index contributed by atoms with van der Waals surface area (Å²) in [6.07, 6.45) is 0.153. The number of rotatable bonds is 4. The highest BCUT2D eigenvalue weighted by Crippen LogP contribution is 2.31. The summed E-state index contributed by atoms with van der Waals surface area (Å²) < 4.78 is 27.5. The van der Waals surface area contributed by atoms with Crippen molar-refractivity contribution >= 4 is 41.9 Å². The van der Waals surface area contributed by atoms with Gasteiger partial charge in [0.05, 0.1) is 17.4 Å². The second kappa shape index (κ2) is 6.35. The number of halogens is 2. The molecule has 19 heavy (non-hydrogen) atoms. The van der Waals surface area contributed by atoms with Crippen LogP contribution < -0.4 is 0 Å². The van der Waals surface area contributed by atoms with Crippen LogP contribution in [0.3, 0.4) is 0 Å². The van der Waals surface area contributed by atoms with Crippen molar-refractivity contribution in [1.29, 1.82) is 5.26 Å². The van der Waals surface area contributed by atoms with Gasteiger partial charge in [0.25, 0.3) is 0 Å². The average Bonchev–Trinajstić information content (AvgIpc) is 2.32. The first-order valence-electron chi connectivity index (χ1n) is 5.52. The molecule has 0 spiro atoms. The van der Waals surface area contributed by atoms with E-state index >= 15 is 0 Å². The lowest BCUT2D eigenvalue weighted by Crippen LogP contribution is -2.35. The first-order chi connectivity index (χ1) is 8.71. The number of nitriles is 1. The average molecular weight is 410 g/mol. The smallest absolute Gasteiger partial charge is 0.207 e. The van der Waals surface area contributed by atoms with Crippen LogP contribution >= 0.6 is 31.9 Å². The molecule has 0 fully saturated rings. The van der Waals surface area contributed by atoms with Crippen LogP contribution in [0.15, 0.2) is 26.0 Å². The van der Waals surface area contributed by atoms with E-state index in [1.165, 1.54) is 11.4 Å². The molecular formula is C12H14Br2N2O2S. The SMILES string of the molecule is Cc1cc(Br)c(S(=O)(=O)N(C)C(C)CC#N)cc1Br. The predicted molar refractivity (Wildman–Crippen MR) is 81.2 cm³/mol. The summed E-state index contributed by atoms with van der Waals surface area (Å²) in [6, 6.07) is 4.93. The Morgan fingerprint density at radius 1 is 1.37 bits per heavy atom. The number of benzene rings is 1. The molecule has 0 amide bonds. The highest BCUT2D eigenvalue weighted by molar-refractivity contribution is 9.11. The fourth-order valence-electron chi connectivity index (χ4n) is 1.48. The van der Waals surface area contributed by atoms with Gasteiger partial charge in [-0.1, -0.05) is 15.9 Å². The van der Waals surface area contributed by atoms with Gasteiger partial charge in [0, 0.05) is 22.0 Å². The van der Waals surface area contributed by atoms with Crippen LogP contribution in [0.25, 0.3) is 0 Å². The summed E-state index contributed by atoms with van der Waals surface area (Å²) in [4.78, 5) is 0.192. The number of nitrogens with zero attached hydrogens (tertiary/aromatic N) is 2. The summed E-state index contributed by atoms with van der Waals surface area (Å²) >= 11 is 6.62. The van der Waals surface area contributed by atoms with Gasteiger partial charge in [0.2, 0.25) is 10.0 Å². The minimum absolute atomic E-state index is 0.153. The molecule has 1 atom stereocenters. The summed E-state index contributed by atoms with van der Waals surface area (Å²) in [5.41, 5.74) is 0.943. The van der Waals surface area contributed by atoms with Crippen LogP contribution in [0.1, 0.15) is 18.9 Å². The number of hydrogen-bond donors (Lipinski definition) is 0. The van der Waals surface area contributed by atoms with E-state index in [1.807, 2.05) is 13.0 Å². The summed E-state index contributed by atoms with van der Waals surface area (Å²) in [6.45, 7) is 3.59. The summed E-state index contributed by atoms with van der Waals surface area (Å²) in [5.74, 6) is 0. The Morgan fingerprint density at radius 2 is 1.95 bits per heavy atom. The molecule has 0 heterocycles. The Balaban J connectivity index is 3.29. The fourth-order valence-corrected chi connectivity index (χ4v) is 4.48. The third-order valence-electron chi connectivity index (χ3n) is 2.88. The number of hydrogen-bond acceptors (Lipinski definition) is 3. The van der Waals surface area contributed by atoms with Crippen LogP contribution in [-0.2, 0) is 10.0 Å². The van der Waals surface area contributed by atoms with E-state index < -0.39 is 10.0 Å². The van der Waals surface area contributed by atoms with E-state index in [1.54, 1.807) is 19.1 Å². The topological polar surface area (TPSA) is 61.2 Å². The van der Waals surface area contributed by atoms with Crippen molar-refractivity contribution in [2.75, 3.05) is 7.05 Å². The van der Waals surface area contributed by atoms with Gasteiger partial charge in [-0.3, -0.25) is 0 Å². The maximum atomic E-state index is 12.5. The third-order valence-corrected chi connectivity index (χ3v) is 6.66. The zero-order valence-corrected chi connectivity index (χ0v) is 14.8. The summed E-state index contributed by atoms with van der Waals surface area (Å²) in [5, 5.41) is 8.67. The van der Waals surface area contributed by atoms with E-state index in [9.17, 15) is 8.42 Å². The first-order valence-corrected chi connectivity index (χ1v) is 8.55. The van der Waals surface area contributed by atoms with E-state index in [0.29, 0.717) is 4.47 Å². The van der Waals surface area contributed by atoms with Gasteiger partial charge < -0.3 is 0 Å². The Morgan fingerprint density at radius 3 is 2.47 bits per heavy atom. The van der Waals surface area contributed by atoms with Gasteiger partial charge in [-0.05, 0) is 47.5 Å². The molecule has 0 aliphatic rings. The van der Waals surface area contributed by atoms with E-state index in [0.717, 1.165) is 10.0 Å². The Hall–Kier alpha value is -0.420. The highest BCUT2D eigenvalue weighted by atomic mass is 79.9. The van der Waals surface area contributed by atoms with Crippen LogP contribution in [-0.4, -0.2) is 25.8 Å². The van der Waals surface area contributed by atoms with E-state index in [-0.39, 0.29) is 17.4 Å². The van der Waals surface area contributed by atoms with E-state index in [2.05, 4.69) is 31.9 Å². The molecule has 0 radical (unpaired) electrons. The molecule has 0 bridgehead atoms. The lowest BCUT2D eigenvalue weighted by atomic mass is 10.2. The van der Waals surface area contributed by atoms with Crippen LogP contribution in [0.4, 0.5) is 0 Å². The highest BCUT2D eigenvalue weighted by Gasteiger charge is 2.27. The van der Waals surface area contributed by atoms with E-state index in [4.69, 9.17) is 5.26 Å². The molecule has 0 aliphatic carbocycles. The molecule has 0 aliphatic heterocycles. The molecule has 4 nitrogen and oxygen atoms in total. The minimum atomic E-state index is -3.62. The van der Waals surface area contributed by atoms with Gasteiger partial charge in [0.1, 0.15) is 0 Å². The molecular weight excluding hydrogens is 396 g/mol. The molecule has 0 N–H and O–H groups in total. The zero-order valence-electron chi connectivity index (χ0n) is 10.8. The van der Waals surface area contributed by atoms with Crippen molar-refractivity contribution in [2.24, 2.45) is 0 Å². The van der Waals surface area contributed by atoms with Crippen LogP contribution in [0, 0.1) is 18.3 Å². The van der Waals surface area contributed by atoms with Gasteiger partial charge in [-0.25, -0.2) is 8.42 Å². The lowest BCUT2D eigenvalue weighted by Gasteiger charge is -2.23. The van der Waals surface area contributed by atoms with Crippen LogP contribution in [0.2, 0.25) is 0 Å². The Labute approximate surface area is 130 Å². The number of aryl methyl sites for hydroxylation is 1. The molecule has 104 valence electrons. The molecule has 1 unspecified atom stereocenters. The molecule has 1 aromatic rings. The maximum absolute atomic E-state index is 12.5. The molecule has 1 rings (SSSR count). The molecule has 0 saturated carbocycles. The second-order valence-corrected chi connectivity index (χ2v) is 7.94. The fraction of sp³-hybridized carbons (Fsp3) is 0.417. The van der Waals surface area contributed by atoms with Crippen molar-refractivity contribution in [3.8, 4) is 6.07 Å². The second-order valence-electron chi connectivity index (χ2n) is 4.26. The quantitative estimate of drug-likeness (QED) is 0.764. The van der Waals surface area contributed by atoms with Gasteiger partial charge in [-0.2, -0.15) is 9.57 Å². The third kappa shape index (κ3) is 3.57. The molecule has 0 aromatic heterocycles. The van der Waals surface area contributed by atoms with Gasteiger partial charge >= 0.3 is 0 Å². The first kappa shape index (κ1) is 16.6. The minimum Gasteiger partial charge on any atom is -0.207 e. The van der Waals surface area contributed by atoms with Gasteiger partial charge in [0.15, 0.2) is 0 Å². The van der Waals surface area contributed by atoms with Crippen LogP contribution in [0.5, 0.6) is 0 Å². The standard InChI is InChI=1S/C12H14Br2N2O2S/c1-8-6-11(14)12(7-10(8)13)19(17,18)16(3)9(2)4-5-15/h6-7,9H,4H2,1-3H3. The lowest BCUT2D eigenvalue weighted by molar-refractivity contribution is 0.393. The van der Waals surface area contributed by atoms with Crippen molar-refractivity contribution in [2.45, 2.75) is 31.2 Å². The Bertz CT molecular complexity index is 623. The van der Waals surface area contributed by atoms with Crippen molar-refractivity contribution in [3.05, 3.63) is 26.6 Å². The molecule has 0 saturated heterocycles. The zero-order chi connectivity index (χ0) is 14.8. The summed E-state index contributed by atoms with van der Waals surface area (Å²) in [7, 11) is -2.14. The largest absolute Gasteiger partial charge is 0.244 e. The van der Waals surface area contributed by atoms with Crippen molar-refractivity contribution in [3.63, 3.8) is 0 Å². The Kier molecular flexibility index (Phi) is 5.56. The predicted octanol–water partition coefficient (Wildman–Crippen LogP) is 3.44. The van der Waals surface area contributed by atoms with Crippen molar-refractivity contribution in [1.82, 2.24) is 4.31 Å². The number of sulfonamides is 1. The monoisotopic (exact) mass is 408 g/mol. The molecule has 7 heteroatoms. The van der Waals surface area contributed by atoms with Crippen molar-refractivity contribution < 1.29 is 8.42 Å².